The first-order chi connectivity index (χ1) is 14.2. The van der Waals surface area contributed by atoms with Gasteiger partial charge in [0.05, 0.1) is 25.9 Å². The van der Waals surface area contributed by atoms with Gasteiger partial charge in [-0.25, -0.2) is 4.99 Å². The van der Waals surface area contributed by atoms with Gasteiger partial charge in [0.1, 0.15) is 5.76 Å². The fourth-order valence-corrected chi connectivity index (χ4v) is 3.60. The minimum absolute atomic E-state index is 0.134. The molecule has 0 aliphatic carbocycles. The van der Waals surface area contributed by atoms with Crippen LogP contribution in [0.1, 0.15) is 39.0 Å². The van der Waals surface area contributed by atoms with E-state index in [0.29, 0.717) is 18.7 Å². The minimum Gasteiger partial charge on any atom is -0.467 e. The molecule has 29 heavy (non-hydrogen) atoms. The Balaban J connectivity index is 1.59. The van der Waals surface area contributed by atoms with Crippen molar-refractivity contribution in [3.05, 3.63) is 81.4 Å². The highest BCUT2D eigenvalue weighted by atomic mass is 32.1. The van der Waals surface area contributed by atoms with E-state index in [1.807, 2.05) is 31.2 Å². The molecular formula is C22H26N4O2S. The van der Waals surface area contributed by atoms with E-state index in [0.717, 1.165) is 30.4 Å². The molecule has 0 aliphatic rings. The molecule has 0 bridgehead atoms. The van der Waals surface area contributed by atoms with Crippen LogP contribution >= 0.6 is 11.3 Å². The number of nitrogens with zero attached hydrogens (tertiary/aromatic N) is 1. The number of thiophene rings is 1. The van der Waals surface area contributed by atoms with E-state index in [4.69, 9.17) is 4.42 Å². The van der Waals surface area contributed by atoms with Crippen molar-refractivity contribution in [1.29, 1.82) is 0 Å². The number of aliphatic imine (C=N–C) groups is 1. The van der Waals surface area contributed by atoms with Gasteiger partial charge in [-0.15, -0.1) is 11.3 Å². The first-order valence-corrected chi connectivity index (χ1v) is 10.5. The lowest BCUT2D eigenvalue weighted by molar-refractivity contribution is 0.0948. The van der Waals surface area contributed by atoms with Crippen LogP contribution in [0.5, 0.6) is 0 Å². The van der Waals surface area contributed by atoms with E-state index in [-0.39, 0.29) is 5.91 Å². The fourth-order valence-electron chi connectivity index (χ4n) is 2.75. The lowest BCUT2D eigenvalue weighted by atomic mass is 10.1. The molecule has 3 aromatic rings. The van der Waals surface area contributed by atoms with Crippen molar-refractivity contribution in [2.45, 2.75) is 33.5 Å². The third-order valence-electron chi connectivity index (χ3n) is 4.34. The molecular weight excluding hydrogens is 384 g/mol. The largest absolute Gasteiger partial charge is 0.467 e. The van der Waals surface area contributed by atoms with Gasteiger partial charge in [-0.05, 0) is 60.7 Å². The van der Waals surface area contributed by atoms with Gasteiger partial charge in [-0.3, -0.25) is 4.79 Å². The summed E-state index contributed by atoms with van der Waals surface area (Å²) in [6, 6.07) is 13.3. The molecule has 152 valence electrons. The Kier molecular flexibility index (Phi) is 7.47. The Morgan fingerprint density at radius 3 is 2.72 bits per heavy atom. The number of carbonyl (C=O) groups is 1. The highest BCUT2D eigenvalue weighted by Crippen LogP contribution is 2.14. The Bertz CT molecular complexity index is 947. The molecule has 2 aromatic heterocycles. The summed E-state index contributed by atoms with van der Waals surface area (Å²) in [5.41, 5.74) is 2.86. The topological polar surface area (TPSA) is 78.7 Å². The average Bonchev–Trinajstić information content (AvgIpc) is 3.40. The molecule has 3 N–H and O–H groups in total. The summed E-state index contributed by atoms with van der Waals surface area (Å²) in [7, 11) is 0. The van der Waals surface area contributed by atoms with Crippen LogP contribution in [0.3, 0.4) is 0 Å². The van der Waals surface area contributed by atoms with Gasteiger partial charge < -0.3 is 20.4 Å². The predicted molar refractivity (Wildman–Crippen MR) is 117 cm³/mol. The molecule has 2 heterocycles. The van der Waals surface area contributed by atoms with E-state index in [2.05, 4.69) is 39.3 Å². The molecule has 6 nitrogen and oxygen atoms in total. The molecule has 0 aliphatic heterocycles. The van der Waals surface area contributed by atoms with E-state index in [1.54, 1.807) is 29.7 Å². The molecule has 7 heteroatoms. The summed E-state index contributed by atoms with van der Waals surface area (Å²) in [5.74, 6) is 1.35. The maximum Gasteiger partial charge on any atom is 0.251 e. The summed E-state index contributed by atoms with van der Waals surface area (Å²) in [6.07, 6.45) is 1.59. The monoisotopic (exact) mass is 410 g/mol. The normalized spacial score (nSPS) is 11.3. The van der Waals surface area contributed by atoms with Gasteiger partial charge in [0.25, 0.3) is 5.91 Å². The van der Waals surface area contributed by atoms with Crippen LogP contribution < -0.4 is 16.0 Å². The van der Waals surface area contributed by atoms with Crippen LogP contribution in [0.25, 0.3) is 0 Å². The zero-order chi connectivity index (χ0) is 20.5. The molecule has 1 aromatic carbocycles. The van der Waals surface area contributed by atoms with Crippen LogP contribution in [0.15, 0.2) is 63.5 Å². The van der Waals surface area contributed by atoms with Crippen LogP contribution in [-0.4, -0.2) is 18.4 Å². The van der Waals surface area contributed by atoms with Crippen molar-refractivity contribution in [3.63, 3.8) is 0 Å². The highest BCUT2D eigenvalue weighted by Gasteiger charge is 2.07. The third kappa shape index (κ3) is 6.22. The smallest absolute Gasteiger partial charge is 0.251 e. The second-order valence-corrected chi connectivity index (χ2v) is 7.54. The zero-order valence-corrected chi connectivity index (χ0v) is 17.5. The predicted octanol–water partition coefficient (Wildman–Crippen LogP) is 3.83. The first-order valence-electron chi connectivity index (χ1n) is 9.60. The Labute approximate surface area is 175 Å². The maximum absolute atomic E-state index is 12.4. The summed E-state index contributed by atoms with van der Waals surface area (Å²) < 4.78 is 5.24. The lowest BCUT2D eigenvalue weighted by Gasteiger charge is -2.11. The first kappa shape index (κ1) is 20.7. The molecule has 0 radical (unpaired) electrons. The average molecular weight is 411 g/mol. The number of hydrogen-bond donors (Lipinski definition) is 3. The standard InChI is InChI=1S/C22H26N4O2S/c1-3-23-22(26-15-20-16(2)9-11-29-20)25-13-17-6-4-7-18(12-17)21(27)24-14-19-8-5-10-28-19/h4-12H,3,13-15H2,1-2H3,(H,24,27)(H2,23,25,26). The van der Waals surface area contributed by atoms with E-state index in [9.17, 15) is 4.79 Å². The molecule has 3 rings (SSSR count). The number of nitrogens with one attached hydrogen (secondary N) is 3. The number of carbonyl (C=O) groups excluding carboxylic acids is 1. The van der Waals surface area contributed by atoms with Crippen LogP contribution in [-0.2, 0) is 19.6 Å². The Hall–Kier alpha value is -3.06. The number of rotatable bonds is 8. The number of furan rings is 1. The molecule has 0 spiro atoms. The van der Waals surface area contributed by atoms with Gasteiger partial charge in [0, 0.05) is 17.0 Å². The zero-order valence-electron chi connectivity index (χ0n) is 16.7. The van der Waals surface area contributed by atoms with Crippen molar-refractivity contribution in [3.8, 4) is 0 Å². The highest BCUT2D eigenvalue weighted by molar-refractivity contribution is 7.10. The van der Waals surface area contributed by atoms with Crippen molar-refractivity contribution in [2.24, 2.45) is 4.99 Å². The molecule has 0 unspecified atom stereocenters. The number of benzene rings is 1. The van der Waals surface area contributed by atoms with E-state index < -0.39 is 0 Å². The quantitative estimate of drug-likeness (QED) is 0.389. The number of guanidine groups is 1. The van der Waals surface area contributed by atoms with Gasteiger partial charge in [-0.2, -0.15) is 0 Å². The maximum atomic E-state index is 12.4. The van der Waals surface area contributed by atoms with Crippen LogP contribution in [0.4, 0.5) is 0 Å². The van der Waals surface area contributed by atoms with Crippen molar-refractivity contribution in [2.75, 3.05) is 6.54 Å². The summed E-state index contributed by atoms with van der Waals surface area (Å²) >= 11 is 1.74. The third-order valence-corrected chi connectivity index (χ3v) is 5.36. The second-order valence-electron chi connectivity index (χ2n) is 6.54. The van der Waals surface area contributed by atoms with Gasteiger partial charge in [-0.1, -0.05) is 12.1 Å². The van der Waals surface area contributed by atoms with Gasteiger partial charge in [0.2, 0.25) is 0 Å². The van der Waals surface area contributed by atoms with Crippen LogP contribution in [0, 0.1) is 6.92 Å². The van der Waals surface area contributed by atoms with Gasteiger partial charge in [0.15, 0.2) is 5.96 Å². The SMILES string of the molecule is CCNC(=NCc1cccc(C(=O)NCc2ccco2)c1)NCc1sccc1C. The summed E-state index contributed by atoms with van der Waals surface area (Å²) in [6.45, 7) is 6.52. The van der Waals surface area contributed by atoms with Gasteiger partial charge >= 0.3 is 0 Å². The minimum atomic E-state index is -0.134. The van der Waals surface area contributed by atoms with E-state index in [1.165, 1.54) is 10.4 Å². The molecule has 0 saturated carbocycles. The summed E-state index contributed by atoms with van der Waals surface area (Å²) in [4.78, 5) is 18.3. The molecule has 1 amide bonds. The number of aryl methyl sites for hydroxylation is 1. The summed E-state index contributed by atoms with van der Waals surface area (Å²) in [5, 5.41) is 11.6. The van der Waals surface area contributed by atoms with E-state index >= 15 is 0 Å². The molecule has 0 saturated heterocycles. The molecule has 0 atom stereocenters. The second kappa shape index (κ2) is 10.5. The number of amides is 1. The van der Waals surface area contributed by atoms with Crippen molar-refractivity contribution < 1.29 is 9.21 Å². The Morgan fingerprint density at radius 2 is 2.00 bits per heavy atom. The number of hydrogen-bond acceptors (Lipinski definition) is 4. The lowest BCUT2D eigenvalue weighted by Crippen LogP contribution is -2.36. The molecule has 0 fully saturated rings. The Morgan fingerprint density at radius 1 is 1.10 bits per heavy atom. The fraction of sp³-hybridized carbons (Fsp3) is 0.273. The van der Waals surface area contributed by atoms with Crippen LogP contribution in [0.2, 0.25) is 0 Å². The van der Waals surface area contributed by atoms with Crippen molar-refractivity contribution in [1.82, 2.24) is 16.0 Å². The van der Waals surface area contributed by atoms with Crippen molar-refractivity contribution >= 4 is 23.2 Å².